The smallest absolute Gasteiger partial charge is 0.325 e. The lowest BCUT2D eigenvalue weighted by atomic mass is 9.79. The Morgan fingerprint density at radius 2 is 2.17 bits per heavy atom. The number of hydrogen-bond donors (Lipinski definition) is 1. The van der Waals surface area contributed by atoms with Crippen molar-refractivity contribution in [1.29, 1.82) is 0 Å². The van der Waals surface area contributed by atoms with Crippen molar-refractivity contribution in [3.05, 3.63) is 22.0 Å². The highest BCUT2D eigenvalue weighted by Crippen LogP contribution is 2.32. The molecule has 1 N–H and O–H groups in total. The van der Waals surface area contributed by atoms with Crippen LogP contribution in [-0.2, 0) is 0 Å². The Morgan fingerprint density at radius 1 is 1.44 bits per heavy atom. The van der Waals surface area contributed by atoms with Gasteiger partial charge in [0.2, 0.25) is 0 Å². The zero-order chi connectivity index (χ0) is 12.7. The van der Waals surface area contributed by atoms with Crippen molar-refractivity contribution in [1.82, 2.24) is 14.8 Å². The second-order valence-corrected chi connectivity index (χ2v) is 6.57. The van der Waals surface area contributed by atoms with E-state index in [0.717, 1.165) is 3.57 Å². The molecular weight excluding hydrogens is 341 g/mol. The van der Waals surface area contributed by atoms with Gasteiger partial charge in [0.15, 0.2) is 0 Å². The van der Waals surface area contributed by atoms with Crippen LogP contribution in [0.1, 0.15) is 19.8 Å². The third kappa shape index (κ3) is 2.18. The summed E-state index contributed by atoms with van der Waals surface area (Å²) in [5.41, 5.74) is 0. The van der Waals surface area contributed by atoms with Crippen LogP contribution in [0.4, 0.5) is 4.79 Å². The summed E-state index contributed by atoms with van der Waals surface area (Å²) in [6, 6.07) is 2.72. The summed E-state index contributed by atoms with van der Waals surface area (Å²) in [6.07, 6.45) is 6.13. The molecule has 3 fully saturated rings. The van der Waals surface area contributed by atoms with Gasteiger partial charge in [0.05, 0.1) is 0 Å². The van der Waals surface area contributed by atoms with Gasteiger partial charge in [-0.2, -0.15) is 0 Å². The number of rotatable bonds is 1. The molecule has 2 bridgehead atoms. The molecule has 4 rings (SSSR count). The van der Waals surface area contributed by atoms with E-state index in [9.17, 15) is 4.79 Å². The van der Waals surface area contributed by atoms with Crippen LogP contribution in [-0.4, -0.2) is 40.7 Å². The van der Waals surface area contributed by atoms with Gasteiger partial charge >= 0.3 is 6.03 Å². The molecular formula is C13H18IN3O. The van der Waals surface area contributed by atoms with Gasteiger partial charge in [0.25, 0.3) is 0 Å². The van der Waals surface area contributed by atoms with Gasteiger partial charge in [-0.15, -0.1) is 0 Å². The molecule has 4 nitrogen and oxygen atoms in total. The summed E-state index contributed by atoms with van der Waals surface area (Å²) in [5, 5.41) is 3.21. The lowest BCUT2D eigenvalue weighted by molar-refractivity contribution is 0.0267. The van der Waals surface area contributed by atoms with Crippen molar-refractivity contribution >= 4 is 28.6 Å². The lowest BCUT2D eigenvalue weighted by Crippen LogP contribution is -2.62. The molecule has 0 unspecified atom stereocenters. The Bertz CT molecular complexity index is 449. The summed E-state index contributed by atoms with van der Waals surface area (Å²) in [6.45, 7) is 4.62. The SMILES string of the molecule is C[C@@H]1[C@H](NC(=O)n2ccc(I)c2)C2CCN1CC2. The number of fused-ring (bicyclic) bond motifs is 3. The van der Waals surface area contributed by atoms with Gasteiger partial charge in [0.1, 0.15) is 0 Å². The molecule has 98 valence electrons. The van der Waals surface area contributed by atoms with E-state index in [1.165, 1.54) is 25.9 Å². The van der Waals surface area contributed by atoms with E-state index < -0.39 is 0 Å². The fourth-order valence-electron chi connectivity index (χ4n) is 3.26. The molecule has 1 amide bonds. The summed E-state index contributed by atoms with van der Waals surface area (Å²) < 4.78 is 2.73. The first-order valence-corrected chi connectivity index (χ1v) is 7.61. The van der Waals surface area contributed by atoms with Crippen LogP contribution in [0.15, 0.2) is 18.5 Å². The Labute approximate surface area is 121 Å². The molecule has 1 aromatic heterocycles. The molecule has 0 aromatic carbocycles. The molecule has 2 atom stereocenters. The van der Waals surface area contributed by atoms with Gasteiger partial charge in [-0.05, 0) is 67.4 Å². The number of aromatic nitrogens is 1. The van der Waals surface area contributed by atoms with E-state index in [1.807, 2.05) is 18.5 Å². The third-order valence-electron chi connectivity index (χ3n) is 4.36. The fourth-order valence-corrected chi connectivity index (χ4v) is 3.72. The van der Waals surface area contributed by atoms with Crippen molar-refractivity contribution in [3.8, 4) is 0 Å². The monoisotopic (exact) mass is 359 g/mol. The van der Waals surface area contributed by atoms with Crippen LogP contribution in [0.5, 0.6) is 0 Å². The average molecular weight is 359 g/mol. The number of hydrogen-bond acceptors (Lipinski definition) is 2. The van der Waals surface area contributed by atoms with E-state index >= 15 is 0 Å². The largest absolute Gasteiger partial charge is 0.333 e. The minimum absolute atomic E-state index is 0.00326. The maximum absolute atomic E-state index is 12.2. The van der Waals surface area contributed by atoms with Crippen LogP contribution >= 0.6 is 22.6 Å². The summed E-state index contributed by atoms with van der Waals surface area (Å²) in [7, 11) is 0. The molecule has 0 aliphatic carbocycles. The number of carbonyl (C=O) groups is 1. The van der Waals surface area contributed by atoms with Crippen molar-refractivity contribution in [2.45, 2.75) is 31.8 Å². The van der Waals surface area contributed by atoms with Crippen LogP contribution in [0, 0.1) is 9.49 Å². The van der Waals surface area contributed by atoms with E-state index in [-0.39, 0.29) is 6.03 Å². The number of carbonyl (C=O) groups excluding carboxylic acids is 1. The number of amides is 1. The predicted molar refractivity (Wildman–Crippen MR) is 78.6 cm³/mol. The van der Waals surface area contributed by atoms with Crippen LogP contribution in [0.3, 0.4) is 0 Å². The minimum Gasteiger partial charge on any atom is -0.333 e. The maximum atomic E-state index is 12.2. The Hall–Kier alpha value is -0.560. The Balaban J connectivity index is 1.71. The van der Waals surface area contributed by atoms with Crippen LogP contribution < -0.4 is 5.32 Å². The molecule has 5 heteroatoms. The average Bonchev–Trinajstić information content (AvgIpc) is 2.81. The van der Waals surface area contributed by atoms with Crippen molar-refractivity contribution in [2.24, 2.45) is 5.92 Å². The first kappa shape index (κ1) is 12.5. The highest BCUT2D eigenvalue weighted by atomic mass is 127. The zero-order valence-corrected chi connectivity index (χ0v) is 12.6. The predicted octanol–water partition coefficient (Wildman–Crippen LogP) is 2.13. The van der Waals surface area contributed by atoms with E-state index in [4.69, 9.17) is 0 Å². The minimum atomic E-state index is 0.00326. The maximum Gasteiger partial charge on any atom is 0.325 e. The summed E-state index contributed by atoms with van der Waals surface area (Å²) in [5.74, 6) is 0.656. The second kappa shape index (κ2) is 4.85. The van der Waals surface area contributed by atoms with Gasteiger partial charge in [0, 0.05) is 28.0 Å². The first-order chi connectivity index (χ1) is 8.65. The van der Waals surface area contributed by atoms with E-state index in [2.05, 4.69) is 39.7 Å². The van der Waals surface area contributed by atoms with Gasteiger partial charge in [-0.25, -0.2) is 4.79 Å². The van der Waals surface area contributed by atoms with Crippen molar-refractivity contribution in [3.63, 3.8) is 0 Å². The molecule has 3 saturated heterocycles. The summed E-state index contributed by atoms with van der Waals surface area (Å²) >= 11 is 2.22. The van der Waals surface area contributed by atoms with Crippen LogP contribution in [0.25, 0.3) is 0 Å². The van der Waals surface area contributed by atoms with E-state index in [0.29, 0.717) is 18.0 Å². The Kier molecular flexibility index (Phi) is 3.36. The third-order valence-corrected chi connectivity index (χ3v) is 5.00. The molecule has 1 aromatic rings. The standard InChI is InChI=1S/C13H18IN3O/c1-9-12(10-2-5-16(9)6-3-10)15-13(18)17-7-4-11(14)8-17/h4,7-10,12H,2-3,5-6H2,1H3,(H,15,18)/t9-,12+/m1/s1. The molecule has 18 heavy (non-hydrogen) atoms. The fraction of sp³-hybridized carbons (Fsp3) is 0.615. The Morgan fingerprint density at radius 3 is 2.72 bits per heavy atom. The zero-order valence-electron chi connectivity index (χ0n) is 10.5. The first-order valence-electron chi connectivity index (χ1n) is 6.53. The molecule has 0 saturated carbocycles. The molecule has 0 spiro atoms. The number of nitrogens with zero attached hydrogens (tertiary/aromatic N) is 2. The molecule has 3 aliphatic heterocycles. The van der Waals surface area contributed by atoms with E-state index in [1.54, 1.807) is 4.57 Å². The van der Waals surface area contributed by atoms with Gasteiger partial charge in [-0.1, -0.05) is 0 Å². The number of piperidine rings is 3. The van der Waals surface area contributed by atoms with Gasteiger partial charge < -0.3 is 5.32 Å². The summed E-state index contributed by atoms with van der Waals surface area (Å²) in [4.78, 5) is 14.7. The van der Waals surface area contributed by atoms with Crippen LogP contribution in [0.2, 0.25) is 0 Å². The molecule has 0 radical (unpaired) electrons. The topological polar surface area (TPSA) is 37.3 Å². The van der Waals surface area contributed by atoms with Gasteiger partial charge in [-0.3, -0.25) is 9.47 Å². The number of nitrogens with one attached hydrogen (secondary N) is 1. The highest BCUT2D eigenvalue weighted by Gasteiger charge is 2.40. The number of halogens is 1. The normalized spacial score (nSPS) is 34.6. The second-order valence-electron chi connectivity index (χ2n) is 5.33. The van der Waals surface area contributed by atoms with Crippen molar-refractivity contribution < 1.29 is 4.79 Å². The van der Waals surface area contributed by atoms with Crippen molar-refractivity contribution in [2.75, 3.05) is 13.1 Å². The highest BCUT2D eigenvalue weighted by molar-refractivity contribution is 14.1. The molecule has 4 heterocycles. The lowest BCUT2D eigenvalue weighted by Gasteiger charge is -2.49. The quantitative estimate of drug-likeness (QED) is 0.781. The molecule has 3 aliphatic rings.